The van der Waals surface area contributed by atoms with E-state index < -0.39 is 0 Å². The zero-order valence-electron chi connectivity index (χ0n) is 16.5. The number of nitrogens with zero attached hydrogens (tertiary/aromatic N) is 3. The van der Waals surface area contributed by atoms with Gasteiger partial charge in [-0.1, -0.05) is 32.0 Å². The Kier molecular flexibility index (Phi) is 5.07. The number of ketones is 1. The molecule has 146 valence electrons. The van der Waals surface area contributed by atoms with Crippen molar-refractivity contribution in [2.24, 2.45) is 0 Å². The Balaban J connectivity index is 1.39. The van der Waals surface area contributed by atoms with Gasteiger partial charge in [0.2, 0.25) is 0 Å². The highest BCUT2D eigenvalue weighted by atomic mass is 16.3. The van der Waals surface area contributed by atoms with Gasteiger partial charge in [-0.05, 0) is 42.5 Å². The second-order valence-electron chi connectivity index (χ2n) is 7.85. The monoisotopic (exact) mass is 377 g/mol. The molecule has 0 saturated carbocycles. The summed E-state index contributed by atoms with van der Waals surface area (Å²) in [5, 5.41) is 9.83. The highest BCUT2D eigenvalue weighted by molar-refractivity contribution is 6.06. The number of benzene rings is 1. The van der Waals surface area contributed by atoms with Crippen LogP contribution in [0.2, 0.25) is 0 Å². The van der Waals surface area contributed by atoms with Crippen LogP contribution in [0, 0.1) is 0 Å². The van der Waals surface area contributed by atoms with Crippen LogP contribution in [0.5, 0.6) is 5.75 Å². The number of rotatable bonds is 6. The smallest absolute Gasteiger partial charge is 0.190 e. The summed E-state index contributed by atoms with van der Waals surface area (Å²) >= 11 is 0. The number of aromatic nitrogens is 1. The third-order valence-corrected chi connectivity index (χ3v) is 6.12. The second-order valence-corrected chi connectivity index (χ2v) is 7.85. The van der Waals surface area contributed by atoms with Gasteiger partial charge in [0.1, 0.15) is 11.6 Å². The Morgan fingerprint density at radius 2 is 2.07 bits per heavy atom. The van der Waals surface area contributed by atoms with Crippen LogP contribution in [0.1, 0.15) is 48.5 Å². The Bertz CT molecular complexity index is 878. The molecule has 0 amide bonds. The standard InChI is InChI=1S/C23H27N3O2/c1-3-16(2)17-8-9-23(24-13-17)26-15-18-12-19(26)14-25(18)11-10-22(28)20-6-4-5-7-21(20)27/h4-11,13,16,18-19,27H,3,12,14-15H2,1-2H3/b11-10+/t16?,18-,19-/m1/s1. The number of carbonyl (C=O) groups is 1. The number of phenolic OH excluding ortho intramolecular Hbond substituents is 1. The summed E-state index contributed by atoms with van der Waals surface area (Å²) in [7, 11) is 0. The largest absolute Gasteiger partial charge is 0.507 e. The van der Waals surface area contributed by atoms with E-state index in [1.54, 1.807) is 24.3 Å². The van der Waals surface area contributed by atoms with Crippen molar-refractivity contribution in [2.75, 3.05) is 18.0 Å². The fourth-order valence-corrected chi connectivity index (χ4v) is 4.19. The summed E-state index contributed by atoms with van der Waals surface area (Å²) in [4.78, 5) is 21.7. The van der Waals surface area contributed by atoms with Crippen LogP contribution in [0.4, 0.5) is 5.82 Å². The van der Waals surface area contributed by atoms with Gasteiger partial charge in [-0.3, -0.25) is 4.79 Å². The van der Waals surface area contributed by atoms with Crippen molar-refractivity contribution in [1.82, 2.24) is 9.88 Å². The number of aromatic hydroxyl groups is 1. The fourth-order valence-electron chi connectivity index (χ4n) is 4.19. The molecule has 4 rings (SSSR count). The molecule has 1 unspecified atom stereocenters. The van der Waals surface area contributed by atoms with E-state index in [-0.39, 0.29) is 11.5 Å². The van der Waals surface area contributed by atoms with Crippen LogP contribution >= 0.6 is 0 Å². The van der Waals surface area contributed by atoms with E-state index in [9.17, 15) is 9.90 Å². The van der Waals surface area contributed by atoms with E-state index in [1.165, 1.54) is 11.6 Å². The first-order chi connectivity index (χ1) is 13.6. The van der Waals surface area contributed by atoms with Gasteiger partial charge < -0.3 is 14.9 Å². The number of likely N-dealkylation sites (tertiary alicyclic amines) is 1. The van der Waals surface area contributed by atoms with Crippen molar-refractivity contribution in [3.05, 3.63) is 66.0 Å². The molecule has 0 aliphatic carbocycles. The average Bonchev–Trinajstić information content (AvgIpc) is 3.32. The molecule has 2 aliphatic rings. The third-order valence-electron chi connectivity index (χ3n) is 6.12. The molecule has 2 aromatic rings. The Morgan fingerprint density at radius 1 is 1.25 bits per heavy atom. The van der Waals surface area contributed by atoms with E-state index in [0.29, 0.717) is 23.6 Å². The molecule has 3 atom stereocenters. The molecule has 2 saturated heterocycles. The van der Waals surface area contributed by atoms with Crippen LogP contribution in [-0.4, -0.2) is 45.9 Å². The van der Waals surface area contributed by atoms with Crippen molar-refractivity contribution in [3.63, 3.8) is 0 Å². The molecule has 2 fully saturated rings. The number of piperazine rings is 1. The maximum Gasteiger partial charge on any atom is 0.190 e. The number of fused-ring (bicyclic) bond motifs is 2. The maximum atomic E-state index is 12.3. The number of allylic oxidation sites excluding steroid dienone is 1. The molecular weight excluding hydrogens is 350 g/mol. The number of hydrogen-bond acceptors (Lipinski definition) is 5. The molecule has 28 heavy (non-hydrogen) atoms. The number of para-hydroxylation sites is 1. The van der Waals surface area contributed by atoms with E-state index >= 15 is 0 Å². The highest BCUT2D eigenvalue weighted by Crippen LogP contribution is 2.34. The molecule has 2 bridgehead atoms. The first kappa shape index (κ1) is 18.5. The van der Waals surface area contributed by atoms with Crippen LogP contribution in [0.25, 0.3) is 0 Å². The highest BCUT2D eigenvalue weighted by Gasteiger charge is 2.42. The van der Waals surface area contributed by atoms with Gasteiger partial charge in [0.05, 0.1) is 5.56 Å². The minimum atomic E-state index is -0.167. The third kappa shape index (κ3) is 3.49. The number of hydrogen-bond donors (Lipinski definition) is 1. The second kappa shape index (κ2) is 7.66. The summed E-state index contributed by atoms with van der Waals surface area (Å²) in [6.45, 7) is 6.25. The van der Waals surface area contributed by atoms with Crippen molar-refractivity contribution in [2.45, 2.75) is 44.7 Å². The molecule has 1 aromatic carbocycles. The minimum absolute atomic E-state index is 0.0261. The lowest BCUT2D eigenvalue weighted by atomic mass is 10.0. The molecule has 2 aliphatic heterocycles. The lowest BCUT2D eigenvalue weighted by Crippen LogP contribution is -2.44. The van der Waals surface area contributed by atoms with Crippen LogP contribution < -0.4 is 4.90 Å². The van der Waals surface area contributed by atoms with Crippen LogP contribution in [0.15, 0.2) is 54.9 Å². The van der Waals surface area contributed by atoms with E-state index in [2.05, 4.69) is 35.8 Å². The molecule has 3 heterocycles. The molecule has 5 nitrogen and oxygen atoms in total. The first-order valence-corrected chi connectivity index (χ1v) is 10.1. The van der Waals surface area contributed by atoms with Gasteiger partial charge in [-0.25, -0.2) is 4.98 Å². The van der Waals surface area contributed by atoms with Gasteiger partial charge >= 0.3 is 0 Å². The summed E-state index contributed by atoms with van der Waals surface area (Å²) in [6, 6.07) is 11.8. The number of carbonyl (C=O) groups excluding carboxylic acids is 1. The zero-order valence-corrected chi connectivity index (χ0v) is 16.5. The summed E-state index contributed by atoms with van der Waals surface area (Å²) in [6.07, 6.45) is 7.67. The Morgan fingerprint density at radius 3 is 2.71 bits per heavy atom. The van der Waals surface area contributed by atoms with Gasteiger partial charge in [0.25, 0.3) is 0 Å². The summed E-state index contributed by atoms with van der Waals surface area (Å²) < 4.78 is 0. The first-order valence-electron chi connectivity index (χ1n) is 10.1. The molecule has 0 radical (unpaired) electrons. The molecule has 5 heteroatoms. The molecule has 0 spiro atoms. The van der Waals surface area contributed by atoms with Gasteiger partial charge in [0, 0.05) is 43.6 Å². The predicted octanol–water partition coefficient (Wildman–Crippen LogP) is 3.96. The topological polar surface area (TPSA) is 56.7 Å². The Labute approximate surface area is 166 Å². The van der Waals surface area contributed by atoms with Crippen molar-refractivity contribution < 1.29 is 9.90 Å². The lowest BCUT2D eigenvalue weighted by molar-refractivity contribution is 0.104. The van der Waals surface area contributed by atoms with E-state index in [0.717, 1.165) is 31.7 Å². The normalized spacial score (nSPS) is 22.2. The number of anilines is 1. The quantitative estimate of drug-likeness (QED) is 0.610. The van der Waals surface area contributed by atoms with Crippen LogP contribution in [-0.2, 0) is 0 Å². The maximum absolute atomic E-state index is 12.3. The summed E-state index contributed by atoms with van der Waals surface area (Å²) in [5.41, 5.74) is 1.64. The SMILES string of the molecule is CCC(C)c1ccc(N2C[C@H]3C[C@@H]2CN3/C=C/C(=O)c2ccccc2O)nc1. The van der Waals surface area contributed by atoms with E-state index in [1.807, 2.05) is 12.4 Å². The zero-order chi connectivity index (χ0) is 19.7. The van der Waals surface area contributed by atoms with Gasteiger partial charge in [-0.15, -0.1) is 0 Å². The fraction of sp³-hybridized carbons (Fsp3) is 0.391. The lowest BCUT2D eigenvalue weighted by Gasteiger charge is -2.34. The Hall–Kier alpha value is -2.82. The van der Waals surface area contributed by atoms with Crippen molar-refractivity contribution in [1.29, 1.82) is 0 Å². The van der Waals surface area contributed by atoms with Gasteiger partial charge in [0.15, 0.2) is 5.78 Å². The van der Waals surface area contributed by atoms with Crippen molar-refractivity contribution >= 4 is 11.6 Å². The number of phenols is 1. The van der Waals surface area contributed by atoms with Crippen molar-refractivity contribution in [3.8, 4) is 5.75 Å². The molecule has 1 N–H and O–H groups in total. The molecular formula is C23H27N3O2. The van der Waals surface area contributed by atoms with Gasteiger partial charge in [-0.2, -0.15) is 0 Å². The van der Waals surface area contributed by atoms with Crippen LogP contribution in [0.3, 0.4) is 0 Å². The molecule has 1 aromatic heterocycles. The number of pyridine rings is 1. The van der Waals surface area contributed by atoms with E-state index in [4.69, 9.17) is 4.98 Å². The average molecular weight is 377 g/mol. The minimum Gasteiger partial charge on any atom is -0.507 e. The summed E-state index contributed by atoms with van der Waals surface area (Å²) in [5.74, 6) is 1.45. The predicted molar refractivity (Wildman–Crippen MR) is 111 cm³/mol.